The number of allylic oxidation sites excluding steroid dienone is 3. The highest BCUT2D eigenvalue weighted by Gasteiger charge is 2.34. The van der Waals surface area contributed by atoms with Crippen molar-refractivity contribution >= 4 is 5.97 Å². The van der Waals surface area contributed by atoms with Gasteiger partial charge in [0.25, 0.3) is 0 Å². The largest absolute Gasteiger partial charge is 0.469 e. The quantitative estimate of drug-likeness (QED) is 0.539. The van der Waals surface area contributed by atoms with Crippen molar-refractivity contribution in [3.05, 3.63) is 59.7 Å². The zero-order valence-electron chi connectivity index (χ0n) is 15.9. The van der Waals surface area contributed by atoms with Gasteiger partial charge in [0.2, 0.25) is 0 Å². The molecular formula is C23H31NO2. The number of nitrogens with zero attached hydrogens (tertiary/aromatic N) is 1. The van der Waals surface area contributed by atoms with Gasteiger partial charge in [0.15, 0.2) is 0 Å². The zero-order valence-corrected chi connectivity index (χ0v) is 15.9. The van der Waals surface area contributed by atoms with E-state index in [1.807, 2.05) is 0 Å². The van der Waals surface area contributed by atoms with E-state index in [0.29, 0.717) is 0 Å². The van der Waals surface area contributed by atoms with Crippen LogP contribution in [0, 0.1) is 5.92 Å². The Hall–Kier alpha value is -1.87. The monoisotopic (exact) mass is 353 g/mol. The van der Waals surface area contributed by atoms with Gasteiger partial charge in [-0.05, 0) is 31.2 Å². The molecule has 1 aromatic rings. The topological polar surface area (TPSA) is 29.5 Å². The second-order valence-corrected chi connectivity index (χ2v) is 7.52. The van der Waals surface area contributed by atoms with Crippen molar-refractivity contribution in [1.82, 2.24) is 4.90 Å². The molecule has 1 fully saturated rings. The Balaban J connectivity index is 1.84. The Kier molecular flexibility index (Phi) is 7.07. The summed E-state index contributed by atoms with van der Waals surface area (Å²) < 4.78 is 5.17. The first kappa shape index (κ1) is 18.9. The average Bonchev–Trinajstić information content (AvgIpc) is 2.94. The van der Waals surface area contributed by atoms with Gasteiger partial charge < -0.3 is 4.74 Å². The number of esters is 1. The second kappa shape index (κ2) is 9.72. The predicted octanol–water partition coefficient (Wildman–Crippen LogP) is 4.89. The standard InChI is InChI=1S/C23H31NO2/c1-26-23(25)21-15-9-4-10-16-22(21)24(17-19-11-5-2-6-12-19)18-20-13-7-3-8-14-20/h2-3,5-7,11-13,21-22H,4,8-10,14-18H2,1H3. The molecule has 26 heavy (non-hydrogen) atoms. The molecule has 2 unspecified atom stereocenters. The highest BCUT2D eigenvalue weighted by molar-refractivity contribution is 5.73. The molecule has 0 bridgehead atoms. The number of methoxy groups -OCH3 is 1. The fraction of sp³-hybridized carbons (Fsp3) is 0.522. The number of carbonyl (C=O) groups is 1. The van der Waals surface area contributed by atoms with E-state index in [0.717, 1.165) is 45.2 Å². The molecular weight excluding hydrogens is 322 g/mol. The van der Waals surface area contributed by atoms with Gasteiger partial charge in [-0.25, -0.2) is 0 Å². The minimum absolute atomic E-state index is 0.00838. The zero-order chi connectivity index (χ0) is 18.2. The van der Waals surface area contributed by atoms with Crippen LogP contribution in [0.25, 0.3) is 0 Å². The Morgan fingerprint density at radius 2 is 1.92 bits per heavy atom. The van der Waals surface area contributed by atoms with Crippen LogP contribution in [-0.4, -0.2) is 30.6 Å². The molecule has 0 aliphatic heterocycles. The van der Waals surface area contributed by atoms with Crippen molar-refractivity contribution in [3.8, 4) is 0 Å². The van der Waals surface area contributed by atoms with E-state index in [9.17, 15) is 4.79 Å². The molecule has 2 aliphatic carbocycles. The molecule has 3 rings (SSSR count). The third kappa shape index (κ3) is 5.07. The van der Waals surface area contributed by atoms with E-state index in [2.05, 4.69) is 53.5 Å². The third-order valence-electron chi connectivity index (χ3n) is 5.69. The summed E-state index contributed by atoms with van der Waals surface area (Å²) in [5.41, 5.74) is 2.78. The van der Waals surface area contributed by atoms with Crippen molar-refractivity contribution < 1.29 is 9.53 Å². The van der Waals surface area contributed by atoms with Gasteiger partial charge in [-0.1, -0.05) is 73.4 Å². The lowest BCUT2D eigenvalue weighted by atomic mass is 9.91. The van der Waals surface area contributed by atoms with Crippen LogP contribution in [0.2, 0.25) is 0 Å². The van der Waals surface area contributed by atoms with Crippen molar-refractivity contribution in [2.75, 3.05) is 13.7 Å². The molecule has 3 heteroatoms. The molecule has 140 valence electrons. The minimum Gasteiger partial charge on any atom is -0.469 e. The van der Waals surface area contributed by atoms with Gasteiger partial charge >= 0.3 is 5.97 Å². The van der Waals surface area contributed by atoms with E-state index < -0.39 is 0 Å². The van der Waals surface area contributed by atoms with Gasteiger partial charge in [-0.2, -0.15) is 0 Å². The van der Waals surface area contributed by atoms with Crippen molar-refractivity contribution in [2.24, 2.45) is 5.92 Å². The van der Waals surface area contributed by atoms with Crippen LogP contribution in [0.3, 0.4) is 0 Å². The third-order valence-corrected chi connectivity index (χ3v) is 5.69. The first-order valence-electron chi connectivity index (χ1n) is 9.98. The summed E-state index contributed by atoms with van der Waals surface area (Å²) in [5.74, 6) is -0.0431. The second-order valence-electron chi connectivity index (χ2n) is 7.52. The first-order valence-corrected chi connectivity index (χ1v) is 9.98. The fourth-order valence-electron chi connectivity index (χ4n) is 4.30. The summed E-state index contributed by atoms with van der Waals surface area (Å²) >= 11 is 0. The molecule has 2 atom stereocenters. The normalized spacial score (nSPS) is 23.4. The Morgan fingerprint density at radius 1 is 1.12 bits per heavy atom. The maximum Gasteiger partial charge on any atom is 0.310 e. The van der Waals surface area contributed by atoms with Crippen molar-refractivity contribution in [2.45, 2.75) is 57.5 Å². The number of benzene rings is 1. The maximum atomic E-state index is 12.5. The molecule has 0 N–H and O–H groups in total. The van der Waals surface area contributed by atoms with Crippen LogP contribution in [0.4, 0.5) is 0 Å². The van der Waals surface area contributed by atoms with Gasteiger partial charge in [-0.3, -0.25) is 9.69 Å². The molecule has 0 radical (unpaired) electrons. The Morgan fingerprint density at radius 3 is 2.65 bits per heavy atom. The first-order chi connectivity index (χ1) is 12.8. The molecule has 0 saturated heterocycles. The lowest BCUT2D eigenvalue weighted by Crippen LogP contribution is -2.44. The minimum atomic E-state index is -0.0347. The summed E-state index contributed by atoms with van der Waals surface area (Å²) in [4.78, 5) is 15.0. The summed E-state index contributed by atoms with van der Waals surface area (Å²) in [5, 5.41) is 0. The smallest absolute Gasteiger partial charge is 0.310 e. The van der Waals surface area contributed by atoms with Crippen molar-refractivity contribution in [1.29, 1.82) is 0 Å². The lowest BCUT2D eigenvalue weighted by Gasteiger charge is -2.36. The van der Waals surface area contributed by atoms with Crippen LogP contribution in [0.5, 0.6) is 0 Å². The van der Waals surface area contributed by atoms with Gasteiger partial charge in [0.05, 0.1) is 13.0 Å². The van der Waals surface area contributed by atoms with Crippen LogP contribution in [0.15, 0.2) is 54.1 Å². The number of rotatable bonds is 6. The fourth-order valence-corrected chi connectivity index (χ4v) is 4.30. The molecule has 1 aromatic carbocycles. The highest BCUT2D eigenvalue weighted by Crippen LogP contribution is 2.31. The number of hydrogen-bond acceptors (Lipinski definition) is 3. The van der Waals surface area contributed by atoms with Gasteiger partial charge in [0, 0.05) is 19.1 Å². The van der Waals surface area contributed by atoms with E-state index in [-0.39, 0.29) is 17.9 Å². The van der Waals surface area contributed by atoms with Crippen molar-refractivity contribution in [3.63, 3.8) is 0 Å². The molecule has 0 heterocycles. The summed E-state index contributed by atoms with van der Waals surface area (Å²) in [6.45, 7) is 1.83. The van der Waals surface area contributed by atoms with Gasteiger partial charge in [-0.15, -0.1) is 0 Å². The van der Waals surface area contributed by atoms with Crippen LogP contribution < -0.4 is 0 Å². The van der Waals surface area contributed by atoms with Gasteiger partial charge in [0.1, 0.15) is 0 Å². The molecule has 0 aromatic heterocycles. The molecule has 0 amide bonds. The SMILES string of the molecule is COC(=O)C1CCCCCC1N(CC1=CC=CCC1)Cc1ccccc1. The van der Waals surface area contributed by atoms with Crippen LogP contribution in [0.1, 0.15) is 50.5 Å². The van der Waals surface area contributed by atoms with E-state index in [1.165, 1.54) is 31.1 Å². The summed E-state index contributed by atoms with van der Waals surface area (Å²) in [6.07, 6.45) is 14.5. The summed E-state index contributed by atoms with van der Waals surface area (Å²) in [7, 11) is 1.53. The molecule has 3 nitrogen and oxygen atoms in total. The lowest BCUT2D eigenvalue weighted by molar-refractivity contribution is -0.148. The molecule has 2 aliphatic rings. The number of hydrogen-bond donors (Lipinski definition) is 0. The summed E-state index contributed by atoms with van der Waals surface area (Å²) in [6, 6.07) is 10.9. The van der Waals surface area contributed by atoms with Crippen LogP contribution >= 0.6 is 0 Å². The average molecular weight is 354 g/mol. The number of carbonyl (C=O) groups excluding carboxylic acids is 1. The Bertz CT molecular complexity index is 635. The van der Waals surface area contributed by atoms with Crippen LogP contribution in [-0.2, 0) is 16.1 Å². The molecule has 1 saturated carbocycles. The predicted molar refractivity (Wildman–Crippen MR) is 106 cm³/mol. The maximum absolute atomic E-state index is 12.5. The molecule has 0 spiro atoms. The Labute approximate surface area is 157 Å². The van der Waals surface area contributed by atoms with E-state index in [4.69, 9.17) is 4.74 Å². The highest BCUT2D eigenvalue weighted by atomic mass is 16.5. The van der Waals surface area contributed by atoms with E-state index >= 15 is 0 Å². The van der Waals surface area contributed by atoms with E-state index in [1.54, 1.807) is 0 Å². The number of ether oxygens (including phenoxy) is 1.